The predicted octanol–water partition coefficient (Wildman–Crippen LogP) is 2.90. The van der Waals surface area contributed by atoms with Crippen molar-refractivity contribution in [3.8, 4) is 5.75 Å². The minimum absolute atomic E-state index is 0.0414. The first-order valence-corrected chi connectivity index (χ1v) is 14.5. The number of pyridine rings is 1. The molecule has 0 spiro atoms. The molecule has 9 nitrogen and oxygen atoms in total. The topological polar surface area (TPSA) is 118 Å². The summed E-state index contributed by atoms with van der Waals surface area (Å²) in [7, 11) is 0. The van der Waals surface area contributed by atoms with Crippen molar-refractivity contribution in [2.24, 2.45) is 0 Å². The molecular formula is C33H43N5O4. The number of nitrogens with one attached hydrogen (secondary N) is 2. The number of nitrogens with zero attached hydrogens (tertiary/aromatic N) is 3. The molecule has 224 valence electrons. The number of aliphatic hydroxyl groups is 1. The number of hydrogen-bond donors (Lipinski definition) is 4. The molecule has 1 aromatic heterocycles. The van der Waals surface area contributed by atoms with E-state index in [2.05, 4.69) is 20.5 Å². The van der Waals surface area contributed by atoms with Crippen molar-refractivity contribution in [3.05, 3.63) is 95.3 Å². The summed E-state index contributed by atoms with van der Waals surface area (Å²) in [5, 5.41) is 27.9. The maximum atomic E-state index is 13.5. The van der Waals surface area contributed by atoms with E-state index in [1.54, 1.807) is 31.3 Å². The number of benzene rings is 2. The Morgan fingerprint density at radius 1 is 1.02 bits per heavy atom. The Hall–Kier alpha value is -3.79. The molecule has 0 saturated carbocycles. The van der Waals surface area contributed by atoms with E-state index in [-0.39, 0.29) is 24.1 Å². The average molecular weight is 574 g/mol. The molecule has 3 atom stereocenters. The Bertz CT molecular complexity index is 1330. The van der Waals surface area contributed by atoms with Crippen molar-refractivity contribution in [1.82, 2.24) is 25.4 Å². The number of aliphatic hydroxyl groups excluding tert-OH is 1. The highest BCUT2D eigenvalue weighted by atomic mass is 16.3. The van der Waals surface area contributed by atoms with Gasteiger partial charge in [-0.05, 0) is 63.4 Å². The van der Waals surface area contributed by atoms with Crippen LogP contribution in [0.25, 0.3) is 0 Å². The van der Waals surface area contributed by atoms with Gasteiger partial charge >= 0.3 is 0 Å². The summed E-state index contributed by atoms with van der Waals surface area (Å²) in [6, 6.07) is 17.4. The number of carbonyl (C=O) groups is 2. The number of rotatable bonds is 10. The zero-order valence-corrected chi connectivity index (χ0v) is 25.0. The number of hydrogen-bond acceptors (Lipinski definition) is 7. The molecule has 9 heteroatoms. The fourth-order valence-corrected chi connectivity index (χ4v) is 5.33. The molecule has 0 unspecified atom stereocenters. The summed E-state index contributed by atoms with van der Waals surface area (Å²) in [6.07, 6.45) is 3.03. The van der Waals surface area contributed by atoms with Gasteiger partial charge < -0.3 is 20.8 Å². The Morgan fingerprint density at radius 2 is 1.76 bits per heavy atom. The first kappa shape index (κ1) is 31.2. The van der Waals surface area contributed by atoms with E-state index in [1.165, 1.54) is 0 Å². The third kappa shape index (κ3) is 8.61. The van der Waals surface area contributed by atoms with Crippen LogP contribution in [0.2, 0.25) is 0 Å². The van der Waals surface area contributed by atoms with E-state index >= 15 is 0 Å². The van der Waals surface area contributed by atoms with Crippen LogP contribution in [-0.4, -0.2) is 86.7 Å². The normalized spacial score (nSPS) is 17.8. The highest BCUT2D eigenvalue weighted by Gasteiger charge is 2.36. The number of piperazine rings is 1. The number of phenols is 1. The summed E-state index contributed by atoms with van der Waals surface area (Å²) >= 11 is 0. The summed E-state index contributed by atoms with van der Waals surface area (Å²) < 4.78 is 0. The zero-order chi connectivity index (χ0) is 30.3. The molecule has 0 bridgehead atoms. The summed E-state index contributed by atoms with van der Waals surface area (Å²) in [4.78, 5) is 35.3. The molecule has 0 aliphatic carbocycles. The zero-order valence-electron chi connectivity index (χ0n) is 25.0. The van der Waals surface area contributed by atoms with Crippen molar-refractivity contribution in [2.75, 3.05) is 26.2 Å². The fraction of sp³-hybridized carbons (Fsp3) is 0.424. The molecule has 1 saturated heterocycles. The third-order valence-electron chi connectivity index (χ3n) is 7.56. The number of aromatic hydroxyl groups is 1. The van der Waals surface area contributed by atoms with Gasteiger partial charge in [0.25, 0.3) is 5.91 Å². The number of carbonyl (C=O) groups excluding carboxylic acids is 2. The smallest absolute Gasteiger partial charge is 0.252 e. The van der Waals surface area contributed by atoms with E-state index < -0.39 is 23.7 Å². The second-order valence-electron chi connectivity index (χ2n) is 12.1. The van der Waals surface area contributed by atoms with Crippen LogP contribution < -0.4 is 10.6 Å². The van der Waals surface area contributed by atoms with Crippen molar-refractivity contribution in [2.45, 2.75) is 64.4 Å². The average Bonchev–Trinajstić information content (AvgIpc) is 2.95. The number of aromatic nitrogens is 1. The van der Waals surface area contributed by atoms with Gasteiger partial charge in [-0.15, -0.1) is 0 Å². The first-order valence-electron chi connectivity index (χ1n) is 14.5. The maximum absolute atomic E-state index is 13.5. The highest BCUT2D eigenvalue weighted by Crippen LogP contribution is 2.21. The molecule has 2 heterocycles. The molecule has 2 aromatic carbocycles. The van der Waals surface area contributed by atoms with Gasteiger partial charge in [-0.3, -0.25) is 24.4 Å². The van der Waals surface area contributed by atoms with Gasteiger partial charge in [0.15, 0.2) is 0 Å². The van der Waals surface area contributed by atoms with E-state index in [1.807, 2.05) is 74.3 Å². The summed E-state index contributed by atoms with van der Waals surface area (Å²) in [5.74, 6) is -0.420. The van der Waals surface area contributed by atoms with Crippen LogP contribution in [0.5, 0.6) is 5.75 Å². The quantitative estimate of drug-likeness (QED) is 0.295. The number of phenolic OH excluding ortho intramolecular Hbond substituents is 1. The van der Waals surface area contributed by atoms with Crippen LogP contribution in [0, 0.1) is 6.92 Å². The van der Waals surface area contributed by atoms with Gasteiger partial charge in [-0.1, -0.05) is 42.5 Å². The van der Waals surface area contributed by atoms with E-state index in [0.717, 1.165) is 17.7 Å². The Morgan fingerprint density at radius 3 is 2.45 bits per heavy atom. The third-order valence-corrected chi connectivity index (χ3v) is 7.56. The van der Waals surface area contributed by atoms with Gasteiger partial charge in [-0.2, -0.15) is 0 Å². The maximum Gasteiger partial charge on any atom is 0.252 e. The van der Waals surface area contributed by atoms with E-state index in [9.17, 15) is 19.8 Å². The Labute approximate surface area is 248 Å². The van der Waals surface area contributed by atoms with Gasteiger partial charge in [0.05, 0.1) is 12.1 Å². The minimum atomic E-state index is -0.957. The fourth-order valence-electron chi connectivity index (χ4n) is 5.33. The Balaban J connectivity index is 1.53. The van der Waals surface area contributed by atoms with Gasteiger partial charge in [0.2, 0.25) is 5.91 Å². The van der Waals surface area contributed by atoms with Crippen molar-refractivity contribution in [3.63, 3.8) is 0 Å². The lowest BCUT2D eigenvalue weighted by atomic mass is 9.98. The van der Waals surface area contributed by atoms with Gasteiger partial charge in [0, 0.05) is 61.8 Å². The van der Waals surface area contributed by atoms with Crippen molar-refractivity contribution in [1.29, 1.82) is 0 Å². The van der Waals surface area contributed by atoms with E-state index in [4.69, 9.17) is 0 Å². The molecule has 4 rings (SSSR count). The highest BCUT2D eigenvalue weighted by molar-refractivity contribution is 5.96. The molecule has 3 aromatic rings. The van der Waals surface area contributed by atoms with Gasteiger partial charge in [0.1, 0.15) is 11.8 Å². The van der Waals surface area contributed by atoms with Crippen LogP contribution in [0.3, 0.4) is 0 Å². The molecular weight excluding hydrogens is 530 g/mol. The second kappa shape index (κ2) is 13.9. The Kier molecular flexibility index (Phi) is 10.3. The monoisotopic (exact) mass is 573 g/mol. The minimum Gasteiger partial charge on any atom is -0.508 e. The molecule has 4 N–H and O–H groups in total. The SMILES string of the molecule is Cc1c(O)cccc1C(=O)N[C@@H](Cc1ccccc1)[C@@H](O)CN1CCN(Cc2cccnc2)C[C@H]1C(=O)NC(C)(C)C. The standard InChI is InChI=1S/C33H43N5O4/c1-23-26(13-8-14-29(23)39)31(41)35-27(18-24-10-6-5-7-11-24)30(40)22-38-17-16-37(20-25-12-9-15-34-19-25)21-28(38)32(42)36-33(2,3)4/h5-15,19,27-28,30,39-40H,16-18,20-22H2,1-4H3,(H,35,41)(H,36,42)/t27-,28-,30-/m0/s1. The molecule has 1 aliphatic rings. The van der Waals surface area contributed by atoms with Crippen LogP contribution in [0.4, 0.5) is 0 Å². The molecule has 0 radical (unpaired) electrons. The first-order chi connectivity index (χ1) is 20.0. The predicted molar refractivity (Wildman–Crippen MR) is 163 cm³/mol. The lowest BCUT2D eigenvalue weighted by Crippen LogP contribution is -2.63. The molecule has 1 fully saturated rings. The molecule has 1 aliphatic heterocycles. The van der Waals surface area contributed by atoms with Gasteiger partial charge in [-0.25, -0.2) is 0 Å². The number of β-amino-alcohol motifs (C(OH)–C–C–N with tert-alkyl or cyclic N) is 1. The van der Waals surface area contributed by atoms with Crippen molar-refractivity contribution < 1.29 is 19.8 Å². The lowest BCUT2D eigenvalue weighted by molar-refractivity contribution is -0.131. The van der Waals surface area contributed by atoms with Crippen LogP contribution in [-0.2, 0) is 17.8 Å². The van der Waals surface area contributed by atoms with E-state index in [0.29, 0.717) is 37.2 Å². The summed E-state index contributed by atoms with van der Waals surface area (Å²) in [6.45, 7) is 10.2. The molecule has 2 amide bonds. The summed E-state index contributed by atoms with van der Waals surface area (Å²) in [5.41, 5.74) is 2.47. The van der Waals surface area contributed by atoms with Crippen molar-refractivity contribution >= 4 is 11.8 Å². The van der Waals surface area contributed by atoms with Crippen LogP contribution in [0.1, 0.15) is 47.8 Å². The lowest BCUT2D eigenvalue weighted by Gasteiger charge is -2.43. The van der Waals surface area contributed by atoms with Crippen LogP contribution >= 0.6 is 0 Å². The number of amides is 2. The van der Waals surface area contributed by atoms with Crippen LogP contribution in [0.15, 0.2) is 73.1 Å². The largest absolute Gasteiger partial charge is 0.508 e. The second-order valence-corrected chi connectivity index (χ2v) is 12.1. The molecule has 42 heavy (non-hydrogen) atoms.